The van der Waals surface area contributed by atoms with Crippen LogP contribution in [0.1, 0.15) is 37.6 Å². The molecule has 1 rings (SSSR count). The predicted octanol–water partition coefficient (Wildman–Crippen LogP) is 3.33. The Balaban J connectivity index is 2.68. The highest BCUT2D eigenvalue weighted by Crippen LogP contribution is 2.20. The molecule has 0 aromatic heterocycles. The summed E-state index contributed by atoms with van der Waals surface area (Å²) in [6.45, 7) is 6.24. The molecule has 5 nitrogen and oxygen atoms in total. The largest absolute Gasteiger partial charge is 0.462 e. The quantitative estimate of drug-likeness (QED) is 0.477. The van der Waals surface area contributed by atoms with Gasteiger partial charge in [0, 0.05) is 6.07 Å². The lowest BCUT2D eigenvalue weighted by Crippen LogP contribution is -2.13. The van der Waals surface area contributed by atoms with Gasteiger partial charge in [-0.3, -0.25) is 10.1 Å². The molecule has 0 amide bonds. The third-order valence-corrected chi connectivity index (χ3v) is 2.47. The van der Waals surface area contributed by atoms with Crippen molar-refractivity contribution >= 4 is 11.7 Å². The third kappa shape index (κ3) is 4.65. The van der Waals surface area contributed by atoms with Crippen LogP contribution in [-0.4, -0.2) is 17.5 Å². The van der Waals surface area contributed by atoms with Crippen molar-refractivity contribution in [1.29, 1.82) is 0 Å². The molecular weight excluding hydrogens is 253 g/mol. The van der Waals surface area contributed by atoms with Crippen LogP contribution in [0.15, 0.2) is 18.2 Å². The summed E-state index contributed by atoms with van der Waals surface area (Å²) in [6.07, 6.45) is 0.675. The van der Waals surface area contributed by atoms with Gasteiger partial charge in [-0.2, -0.15) is 4.39 Å². The maximum atomic E-state index is 13.3. The summed E-state index contributed by atoms with van der Waals surface area (Å²) in [5, 5.41) is 10.4. The number of nitrogens with zero attached hydrogens (tertiary/aromatic N) is 1. The molecule has 0 radical (unpaired) electrons. The molecule has 0 fully saturated rings. The normalized spacial score (nSPS) is 11.2. The Bertz CT molecular complexity index is 494. The zero-order chi connectivity index (χ0) is 14.6. The van der Waals surface area contributed by atoms with E-state index in [4.69, 9.17) is 4.74 Å². The maximum Gasteiger partial charge on any atom is 0.338 e. The number of carbonyl (C=O) groups is 1. The summed E-state index contributed by atoms with van der Waals surface area (Å²) in [6, 6.07) is 2.95. The Morgan fingerprint density at radius 1 is 1.42 bits per heavy atom. The number of nitro benzene ring substituents is 1. The Hall–Kier alpha value is -1.98. The first kappa shape index (κ1) is 15.1. The van der Waals surface area contributed by atoms with Crippen molar-refractivity contribution in [1.82, 2.24) is 0 Å². The van der Waals surface area contributed by atoms with Crippen molar-refractivity contribution in [2.45, 2.75) is 27.2 Å². The van der Waals surface area contributed by atoms with Crippen molar-refractivity contribution in [2.75, 3.05) is 6.61 Å². The van der Waals surface area contributed by atoms with E-state index in [1.54, 1.807) is 0 Å². The Morgan fingerprint density at radius 3 is 2.53 bits per heavy atom. The third-order valence-electron chi connectivity index (χ3n) is 2.47. The average molecular weight is 269 g/mol. The fourth-order valence-electron chi connectivity index (χ4n) is 1.32. The monoisotopic (exact) mass is 269 g/mol. The number of esters is 1. The molecule has 1 aromatic carbocycles. The molecule has 0 spiro atoms. The van der Waals surface area contributed by atoms with Crippen LogP contribution in [0.3, 0.4) is 0 Å². The first-order valence-corrected chi connectivity index (χ1v) is 5.82. The Morgan fingerprint density at radius 2 is 2.05 bits per heavy atom. The molecular formula is C13H16FNO4. The molecule has 0 aliphatic heterocycles. The molecule has 0 unspecified atom stereocenters. The lowest BCUT2D eigenvalue weighted by molar-refractivity contribution is -0.387. The minimum atomic E-state index is -1.05. The number of rotatable bonds is 4. The van der Waals surface area contributed by atoms with E-state index >= 15 is 0 Å². The SMILES string of the molecule is CC(C)(C)CCOC(=O)c1ccc([N+](=O)[O-])c(F)c1. The lowest BCUT2D eigenvalue weighted by atomic mass is 9.93. The summed E-state index contributed by atoms with van der Waals surface area (Å²) in [5.41, 5.74) is -0.663. The Labute approximate surface area is 110 Å². The van der Waals surface area contributed by atoms with E-state index in [-0.39, 0.29) is 17.6 Å². The predicted molar refractivity (Wildman–Crippen MR) is 67.4 cm³/mol. The standard InChI is InChI=1S/C13H16FNO4/c1-13(2,3)6-7-19-12(16)9-4-5-11(15(17)18)10(14)8-9/h4-5,8H,6-7H2,1-3H3. The van der Waals surface area contributed by atoms with Crippen LogP contribution in [0.4, 0.5) is 10.1 Å². The molecule has 0 aliphatic rings. The van der Waals surface area contributed by atoms with Crippen molar-refractivity contribution in [3.8, 4) is 0 Å². The second kappa shape index (κ2) is 5.77. The van der Waals surface area contributed by atoms with Gasteiger partial charge in [-0.1, -0.05) is 20.8 Å². The van der Waals surface area contributed by atoms with Crippen LogP contribution >= 0.6 is 0 Å². The van der Waals surface area contributed by atoms with Gasteiger partial charge in [-0.15, -0.1) is 0 Å². The van der Waals surface area contributed by atoms with Gasteiger partial charge in [0.1, 0.15) is 0 Å². The Kier molecular flexibility index (Phi) is 4.58. The number of benzene rings is 1. The van der Waals surface area contributed by atoms with Gasteiger partial charge in [0.2, 0.25) is 5.82 Å². The first-order valence-electron chi connectivity index (χ1n) is 5.82. The molecule has 0 saturated heterocycles. The van der Waals surface area contributed by atoms with Crippen LogP contribution in [0.5, 0.6) is 0 Å². The van der Waals surface area contributed by atoms with Gasteiger partial charge < -0.3 is 4.74 Å². The smallest absolute Gasteiger partial charge is 0.338 e. The van der Waals surface area contributed by atoms with Gasteiger partial charge in [-0.25, -0.2) is 4.79 Å². The zero-order valence-electron chi connectivity index (χ0n) is 11.1. The van der Waals surface area contributed by atoms with Crippen LogP contribution in [0.25, 0.3) is 0 Å². The highest BCUT2D eigenvalue weighted by atomic mass is 19.1. The van der Waals surface area contributed by atoms with Gasteiger partial charge in [0.05, 0.1) is 17.1 Å². The van der Waals surface area contributed by atoms with E-state index < -0.39 is 22.4 Å². The second-order valence-corrected chi connectivity index (χ2v) is 5.37. The molecule has 1 aromatic rings. The lowest BCUT2D eigenvalue weighted by Gasteiger charge is -2.17. The minimum absolute atomic E-state index is 0.0288. The number of ether oxygens (including phenoxy) is 1. The van der Waals surface area contributed by atoms with E-state index in [1.165, 1.54) is 6.07 Å². The van der Waals surface area contributed by atoms with Gasteiger partial charge in [0.15, 0.2) is 0 Å². The molecule has 0 atom stereocenters. The minimum Gasteiger partial charge on any atom is -0.462 e. The number of carbonyl (C=O) groups excluding carboxylic acids is 1. The van der Waals surface area contributed by atoms with Crippen molar-refractivity contribution in [3.63, 3.8) is 0 Å². The summed E-state index contributed by atoms with van der Waals surface area (Å²) in [5.74, 6) is -1.73. The molecule has 104 valence electrons. The summed E-state index contributed by atoms with van der Waals surface area (Å²) in [4.78, 5) is 21.2. The van der Waals surface area contributed by atoms with Gasteiger partial charge in [0.25, 0.3) is 0 Å². The highest BCUT2D eigenvalue weighted by Gasteiger charge is 2.18. The average Bonchev–Trinajstić information content (AvgIpc) is 2.26. The summed E-state index contributed by atoms with van der Waals surface area (Å²) < 4.78 is 18.3. The van der Waals surface area contributed by atoms with E-state index in [1.807, 2.05) is 20.8 Å². The van der Waals surface area contributed by atoms with E-state index in [0.717, 1.165) is 12.1 Å². The topological polar surface area (TPSA) is 69.4 Å². The molecule has 0 aliphatic carbocycles. The fraction of sp³-hybridized carbons (Fsp3) is 0.462. The maximum absolute atomic E-state index is 13.3. The van der Waals surface area contributed by atoms with E-state index in [9.17, 15) is 19.3 Å². The fourth-order valence-corrected chi connectivity index (χ4v) is 1.32. The highest BCUT2D eigenvalue weighted by molar-refractivity contribution is 5.89. The molecule has 0 heterocycles. The number of hydrogen-bond donors (Lipinski definition) is 0. The molecule has 0 bridgehead atoms. The molecule has 0 N–H and O–H groups in total. The second-order valence-electron chi connectivity index (χ2n) is 5.37. The van der Waals surface area contributed by atoms with Crippen LogP contribution in [0, 0.1) is 21.3 Å². The summed E-state index contributed by atoms with van der Waals surface area (Å²) in [7, 11) is 0. The molecule has 6 heteroatoms. The van der Waals surface area contributed by atoms with Gasteiger partial charge >= 0.3 is 11.7 Å². The first-order chi connectivity index (χ1) is 8.70. The van der Waals surface area contributed by atoms with Crippen molar-refractivity contribution in [3.05, 3.63) is 39.7 Å². The van der Waals surface area contributed by atoms with Crippen molar-refractivity contribution < 1.29 is 18.8 Å². The number of hydrogen-bond acceptors (Lipinski definition) is 4. The number of nitro groups is 1. The molecule has 0 saturated carbocycles. The van der Waals surface area contributed by atoms with Crippen LogP contribution in [0.2, 0.25) is 0 Å². The van der Waals surface area contributed by atoms with Gasteiger partial charge in [-0.05, 0) is 24.0 Å². The summed E-state index contributed by atoms with van der Waals surface area (Å²) >= 11 is 0. The van der Waals surface area contributed by atoms with Crippen LogP contribution < -0.4 is 0 Å². The van der Waals surface area contributed by atoms with E-state index in [2.05, 4.69) is 0 Å². The molecule has 19 heavy (non-hydrogen) atoms. The zero-order valence-corrected chi connectivity index (χ0v) is 11.1. The number of halogens is 1. The van der Waals surface area contributed by atoms with E-state index in [0.29, 0.717) is 6.42 Å². The van der Waals surface area contributed by atoms with Crippen LogP contribution in [-0.2, 0) is 4.74 Å². The van der Waals surface area contributed by atoms with Crippen molar-refractivity contribution in [2.24, 2.45) is 5.41 Å².